The topological polar surface area (TPSA) is 69.0 Å². The predicted molar refractivity (Wildman–Crippen MR) is 86.0 cm³/mol. The summed E-state index contributed by atoms with van der Waals surface area (Å²) >= 11 is 0. The Labute approximate surface area is 136 Å². The number of tetrazole rings is 1. The molecule has 0 radical (unpaired) electrons. The standard InChI is InChI=1S/C16H24N6O/c1-16(2,3)22-19-15(18-20-22)11-21-9-5-6-14(21)13-8-7-12(23-4)10-17-13/h7-8,10,14H,5-6,9,11H2,1-4H3. The van der Waals surface area contributed by atoms with Crippen LogP contribution in [0.2, 0.25) is 0 Å². The summed E-state index contributed by atoms with van der Waals surface area (Å²) in [6.45, 7) is 7.94. The minimum Gasteiger partial charge on any atom is -0.495 e. The van der Waals surface area contributed by atoms with E-state index in [0.29, 0.717) is 12.6 Å². The maximum atomic E-state index is 5.18. The van der Waals surface area contributed by atoms with Crippen LogP contribution in [-0.2, 0) is 12.1 Å². The van der Waals surface area contributed by atoms with Crippen molar-refractivity contribution < 1.29 is 4.74 Å². The number of aromatic nitrogens is 5. The molecule has 0 bridgehead atoms. The lowest BCUT2D eigenvalue weighted by Gasteiger charge is -2.22. The first-order valence-electron chi connectivity index (χ1n) is 8.01. The van der Waals surface area contributed by atoms with E-state index in [0.717, 1.165) is 36.7 Å². The van der Waals surface area contributed by atoms with Crippen LogP contribution >= 0.6 is 0 Å². The zero-order valence-electron chi connectivity index (χ0n) is 14.2. The molecule has 1 fully saturated rings. The van der Waals surface area contributed by atoms with Gasteiger partial charge >= 0.3 is 0 Å². The van der Waals surface area contributed by atoms with Gasteiger partial charge in [0.15, 0.2) is 5.82 Å². The van der Waals surface area contributed by atoms with Gasteiger partial charge in [0.25, 0.3) is 0 Å². The quantitative estimate of drug-likeness (QED) is 0.861. The third-order valence-electron chi connectivity index (χ3n) is 4.10. The third kappa shape index (κ3) is 3.50. The van der Waals surface area contributed by atoms with Crippen molar-refractivity contribution in [3.63, 3.8) is 0 Å². The highest BCUT2D eigenvalue weighted by Crippen LogP contribution is 2.32. The number of hydrogen-bond donors (Lipinski definition) is 0. The molecule has 0 amide bonds. The van der Waals surface area contributed by atoms with Crippen LogP contribution in [0.3, 0.4) is 0 Å². The van der Waals surface area contributed by atoms with Crippen molar-refractivity contribution in [3.05, 3.63) is 29.8 Å². The van der Waals surface area contributed by atoms with Crippen molar-refractivity contribution in [2.45, 2.75) is 51.7 Å². The zero-order valence-corrected chi connectivity index (χ0v) is 14.2. The second-order valence-corrected chi connectivity index (χ2v) is 6.92. The van der Waals surface area contributed by atoms with Crippen LogP contribution in [0.25, 0.3) is 0 Å². The summed E-state index contributed by atoms with van der Waals surface area (Å²) in [6, 6.07) is 4.32. The Kier molecular flexibility index (Phi) is 4.30. The first kappa shape index (κ1) is 15.9. The van der Waals surface area contributed by atoms with Crippen LogP contribution in [0.15, 0.2) is 18.3 Å². The van der Waals surface area contributed by atoms with Crippen molar-refractivity contribution >= 4 is 0 Å². The third-order valence-corrected chi connectivity index (χ3v) is 4.10. The van der Waals surface area contributed by atoms with Gasteiger partial charge in [-0.1, -0.05) is 0 Å². The van der Waals surface area contributed by atoms with Gasteiger partial charge in [0.05, 0.1) is 37.1 Å². The summed E-state index contributed by atoms with van der Waals surface area (Å²) in [6.07, 6.45) is 4.04. The SMILES string of the molecule is COc1ccc(C2CCCN2Cc2nnn(C(C)(C)C)n2)nc1. The molecule has 1 aliphatic heterocycles. The Hall–Kier alpha value is -2.02. The summed E-state index contributed by atoms with van der Waals surface area (Å²) < 4.78 is 5.18. The van der Waals surface area contributed by atoms with E-state index in [4.69, 9.17) is 4.74 Å². The van der Waals surface area contributed by atoms with Crippen LogP contribution < -0.4 is 4.74 Å². The number of methoxy groups -OCH3 is 1. The minimum absolute atomic E-state index is 0.146. The largest absolute Gasteiger partial charge is 0.495 e. The Morgan fingerprint density at radius 3 is 2.74 bits per heavy atom. The van der Waals surface area contributed by atoms with Gasteiger partial charge < -0.3 is 4.74 Å². The molecule has 1 aliphatic rings. The summed E-state index contributed by atoms with van der Waals surface area (Å²) in [5.74, 6) is 1.55. The fraction of sp³-hybridized carbons (Fsp3) is 0.625. The number of rotatable bonds is 4. The highest BCUT2D eigenvalue weighted by molar-refractivity contribution is 5.22. The molecule has 1 atom stereocenters. The van der Waals surface area contributed by atoms with Crippen molar-refractivity contribution in [2.24, 2.45) is 0 Å². The van der Waals surface area contributed by atoms with Gasteiger partial charge in [-0.3, -0.25) is 9.88 Å². The fourth-order valence-electron chi connectivity index (χ4n) is 2.83. The molecule has 0 aromatic carbocycles. The highest BCUT2D eigenvalue weighted by Gasteiger charge is 2.28. The number of hydrogen-bond acceptors (Lipinski definition) is 6. The van der Waals surface area contributed by atoms with Crippen LogP contribution in [0, 0.1) is 0 Å². The van der Waals surface area contributed by atoms with E-state index in [-0.39, 0.29) is 5.54 Å². The second kappa shape index (κ2) is 6.23. The van der Waals surface area contributed by atoms with Crippen LogP contribution in [0.5, 0.6) is 5.75 Å². The molecule has 0 spiro atoms. The lowest BCUT2D eigenvalue weighted by Crippen LogP contribution is -2.26. The van der Waals surface area contributed by atoms with E-state index >= 15 is 0 Å². The molecular formula is C16H24N6O. The average Bonchev–Trinajstić information content (AvgIpc) is 3.17. The van der Waals surface area contributed by atoms with Gasteiger partial charge in [-0.15, -0.1) is 10.2 Å². The first-order chi connectivity index (χ1) is 11.0. The number of likely N-dealkylation sites (tertiary alicyclic amines) is 1. The maximum Gasteiger partial charge on any atom is 0.188 e. The van der Waals surface area contributed by atoms with E-state index in [2.05, 4.69) is 46.1 Å². The molecule has 23 heavy (non-hydrogen) atoms. The molecule has 2 aromatic rings. The van der Waals surface area contributed by atoms with Crippen molar-refractivity contribution in [3.8, 4) is 5.75 Å². The fourth-order valence-corrected chi connectivity index (χ4v) is 2.83. The normalized spacial score (nSPS) is 19.2. The number of pyridine rings is 1. The Bertz CT molecular complexity index is 645. The van der Waals surface area contributed by atoms with E-state index in [1.165, 1.54) is 0 Å². The van der Waals surface area contributed by atoms with E-state index < -0.39 is 0 Å². The monoisotopic (exact) mass is 316 g/mol. The van der Waals surface area contributed by atoms with Gasteiger partial charge in [0.2, 0.25) is 0 Å². The first-order valence-corrected chi connectivity index (χ1v) is 8.01. The van der Waals surface area contributed by atoms with Crippen LogP contribution in [0.4, 0.5) is 0 Å². The van der Waals surface area contributed by atoms with Gasteiger partial charge in [0.1, 0.15) is 5.75 Å². The summed E-state index contributed by atoms with van der Waals surface area (Å²) in [5, 5.41) is 12.9. The molecule has 3 heterocycles. The maximum absolute atomic E-state index is 5.18. The lowest BCUT2D eigenvalue weighted by atomic mass is 10.1. The van der Waals surface area contributed by atoms with Gasteiger partial charge in [-0.2, -0.15) is 4.80 Å². The Morgan fingerprint density at radius 2 is 2.13 bits per heavy atom. The molecule has 1 unspecified atom stereocenters. The smallest absolute Gasteiger partial charge is 0.188 e. The molecule has 0 aliphatic carbocycles. The zero-order chi connectivity index (χ0) is 16.4. The number of ether oxygens (including phenoxy) is 1. The van der Waals surface area contributed by atoms with Gasteiger partial charge in [-0.05, 0) is 57.5 Å². The van der Waals surface area contributed by atoms with E-state index in [9.17, 15) is 0 Å². The Balaban J connectivity index is 1.72. The molecule has 2 aromatic heterocycles. The second-order valence-electron chi connectivity index (χ2n) is 6.92. The summed E-state index contributed by atoms with van der Waals surface area (Å²) in [4.78, 5) is 8.59. The molecule has 7 nitrogen and oxygen atoms in total. The molecule has 7 heteroatoms. The van der Waals surface area contributed by atoms with Crippen molar-refractivity contribution in [1.82, 2.24) is 30.1 Å². The van der Waals surface area contributed by atoms with E-state index in [1.54, 1.807) is 18.1 Å². The highest BCUT2D eigenvalue weighted by atomic mass is 16.5. The summed E-state index contributed by atoms with van der Waals surface area (Å²) in [7, 11) is 1.66. The molecular weight excluding hydrogens is 292 g/mol. The van der Waals surface area contributed by atoms with Crippen LogP contribution in [0.1, 0.15) is 51.2 Å². The van der Waals surface area contributed by atoms with Crippen molar-refractivity contribution in [1.29, 1.82) is 0 Å². The van der Waals surface area contributed by atoms with Crippen LogP contribution in [-0.4, -0.2) is 43.7 Å². The van der Waals surface area contributed by atoms with Gasteiger partial charge in [-0.25, -0.2) is 0 Å². The Morgan fingerprint density at radius 1 is 1.30 bits per heavy atom. The van der Waals surface area contributed by atoms with Crippen molar-refractivity contribution in [2.75, 3.05) is 13.7 Å². The predicted octanol–water partition coefficient (Wildman–Crippen LogP) is 2.17. The van der Waals surface area contributed by atoms with E-state index in [1.807, 2.05) is 12.1 Å². The molecule has 1 saturated heterocycles. The minimum atomic E-state index is -0.146. The number of nitrogens with zero attached hydrogens (tertiary/aromatic N) is 6. The lowest BCUT2D eigenvalue weighted by molar-refractivity contribution is 0.236. The molecule has 124 valence electrons. The van der Waals surface area contributed by atoms with Gasteiger partial charge in [0, 0.05) is 0 Å². The molecule has 3 rings (SSSR count). The molecule has 0 N–H and O–H groups in total. The average molecular weight is 316 g/mol. The summed E-state index contributed by atoms with van der Waals surface area (Å²) in [5.41, 5.74) is 0.930. The molecule has 0 saturated carbocycles.